The van der Waals surface area contributed by atoms with E-state index in [0.29, 0.717) is 11.3 Å². The van der Waals surface area contributed by atoms with Crippen LogP contribution in [0.25, 0.3) is 0 Å². The fourth-order valence-corrected chi connectivity index (χ4v) is 4.86. The van der Waals surface area contributed by atoms with Crippen LogP contribution in [0.5, 0.6) is 0 Å². The highest BCUT2D eigenvalue weighted by atomic mass is 127. The average molecular weight is 526 g/mol. The predicted molar refractivity (Wildman–Crippen MR) is 129 cm³/mol. The summed E-state index contributed by atoms with van der Waals surface area (Å²) in [5, 5.41) is 8.01. The maximum absolute atomic E-state index is 12.1. The quantitative estimate of drug-likeness (QED) is 0.227. The summed E-state index contributed by atoms with van der Waals surface area (Å²) < 4.78 is 12.1. The molecule has 1 saturated carbocycles. The van der Waals surface area contributed by atoms with Gasteiger partial charge in [0.05, 0.1) is 0 Å². The van der Waals surface area contributed by atoms with E-state index in [1.807, 2.05) is 19.1 Å². The van der Waals surface area contributed by atoms with E-state index in [1.54, 1.807) is 0 Å². The standard InChI is InChI=1S/C20H32ClN3OS.HI/c1-3-22-20(23-14-6-7-16-10-12-17(21)13-11-16)24-18-8-5-9-19(15-18)26(25)4-2;/h10-13,18-19H,3-9,14-15H2,1-2H3,(H2,22,23,24);1H. The van der Waals surface area contributed by atoms with Gasteiger partial charge in [-0.3, -0.25) is 9.20 Å². The number of nitrogens with zero attached hydrogens (tertiary/aromatic N) is 1. The van der Waals surface area contributed by atoms with Crippen molar-refractivity contribution in [1.29, 1.82) is 0 Å². The second kappa shape index (κ2) is 13.8. The maximum Gasteiger partial charge on any atom is 0.191 e. The van der Waals surface area contributed by atoms with E-state index in [4.69, 9.17) is 16.6 Å². The highest BCUT2D eigenvalue weighted by Gasteiger charge is 2.25. The fourth-order valence-electron chi connectivity index (χ4n) is 3.39. The van der Waals surface area contributed by atoms with E-state index in [-0.39, 0.29) is 24.0 Å². The number of nitrogens with one attached hydrogen (secondary N) is 2. The molecule has 3 unspecified atom stereocenters. The Morgan fingerprint density at radius 1 is 1.26 bits per heavy atom. The van der Waals surface area contributed by atoms with Gasteiger partial charge < -0.3 is 10.6 Å². The van der Waals surface area contributed by atoms with Crippen LogP contribution in [0.3, 0.4) is 0 Å². The number of aryl methyl sites for hydroxylation is 1. The first-order chi connectivity index (χ1) is 12.6. The molecule has 27 heavy (non-hydrogen) atoms. The molecule has 1 aliphatic rings. The third-order valence-electron chi connectivity index (χ3n) is 4.77. The van der Waals surface area contributed by atoms with Crippen molar-refractivity contribution in [3.63, 3.8) is 0 Å². The van der Waals surface area contributed by atoms with Crippen LogP contribution in [0.4, 0.5) is 0 Å². The van der Waals surface area contributed by atoms with Crippen LogP contribution < -0.4 is 10.6 Å². The molecular weight excluding hydrogens is 493 g/mol. The maximum atomic E-state index is 12.1. The number of hydrogen-bond donors (Lipinski definition) is 2. The molecule has 0 radical (unpaired) electrons. The number of aliphatic imine (C=N–C) groups is 1. The minimum absolute atomic E-state index is 0. The van der Waals surface area contributed by atoms with E-state index >= 15 is 0 Å². The lowest BCUT2D eigenvalue weighted by molar-refractivity contribution is 0.413. The van der Waals surface area contributed by atoms with Crippen LogP contribution in [0.15, 0.2) is 29.3 Å². The molecule has 0 amide bonds. The minimum atomic E-state index is -0.692. The Bertz CT molecular complexity index is 597. The van der Waals surface area contributed by atoms with Gasteiger partial charge in [-0.25, -0.2) is 0 Å². The van der Waals surface area contributed by atoms with Crippen LogP contribution in [0.2, 0.25) is 5.02 Å². The van der Waals surface area contributed by atoms with E-state index in [9.17, 15) is 4.21 Å². The van der Waals surface area contributed by atoms with Gasteiger partial charge >= 0.3 is 0 Å². The Morgan fingerprint density at radius 2 is 2.00 bits per heavy atom. The van der Waals surface area contributed by atoms with Gasteiger partial charge in [0, 0.05) is 46.0 Å². The molecule has 4 nitrogen and oxygen atoms in total. The van der Waals surface area contributed by atoms with E-state index in [0.717, 1.165) is 68.3 Å². The van der Waals surface area contributed by atoms with E-state index in [1.165, 1.54) is 5.56 Å². The Balaban J connectivity index is 0.00000364. The molecular formula is C20H33ClIN3OS. The van der Waals surface area contributed by atoms with Gasteiger partial charge in [0.25, 0.3) is 0 Å². The lowest BCUT2D eigenvalue weighted by Gasteiger charge is -2.30. The topological polar surface area (TPSA) is 53.5 Å². The highest BCUT2D eigenvalue weighted by Crippen LogP contribution is 2.23. The smallest absolute Gasteiger partial charge is 0.191 e. The minimum Gasteiger partial charge on any atom is -0.357 e. The molecule has 0 bridgehead atoms. The summed E-state index contributed by atoms with van der Waals surface area (Å²) in [7, 11) is -0.692. The second-order valence-electron chi connectivity index (χ2n) is 6.79. The second-order valence-corrected chi connectivity index (χ2v) is 9.23. The average Bonchev–Trinajstić information content (AvgIpc) is 2.66. The summed E-state index contributed by atoms with van der Waals surface area (Å²) in [4.78, 5) is 4.72. The third kappa shape index (κ3) is 9.13. The molecule has 2 rings (SSSR count). The summed E-state index contributed by atoms with van der Waals surface area (Å²) in [6, 6.07) is 8.40. The molecule has 0 aliphatic heterocycles. The normalized spacial score (nSPS) is 21.2. The van der Waals surface area contributed by atoms with Crippen LogP contribution in [-0.2, 0) is 17.2 Å². The van der Waals surface area contributed by atoms with Crippen molar-refractivity contribution in [3.8, 4) is 0 Å². The first-order valence-electron chi connectivity index (χ1n) is 9.78. The first-order valence-corrected chi connectivity index (χ1v) is 11.5. The summed E-state index contributed by atoms with van der Waals surface area (Å²) >= 11 is 5.92. The Hall–Kier alpha value is -0.340. The molecule has 2 N–H and O–H groups in total. The van der Waals surface area contributed by atoms with Gasteiger partial charge in [-0.1, -0.05) is 37.1 Å². The molecule has 0 aromatic heterocycles. The number of guanidine groups is 1. The largest absolute Gasteiger partial charge is 0.357 e. The number of hydrogen-bond acceptors (Lipinski definition) is 2. The van der Waals surface area contributed by atoms with Crippen molar-refractivity contribution in [2.24, 2.45) is 4.99 Å². The summed E-state index contributed by atoms with van der Waals surface area (Å²) in [6.45, 7) is 5.73. The van der Waals surface area contributed by atoms with Gasteiger partial charge in [0.2, 0.25) is 0 Å². The Labute approximate surface area is 188 Å². The van der Waals surface area contributed by atoms with Crippen molar-refractivity contribution in [2.75, 3.05) is 18.8 Å². The number of halogens is 2. The fraction of sp³-hybridized carbons (Fsp3) is 0.650. The molecule has 0 saturated heterocycles. The predicted octanol–water partition coefficient (Wildman–Crippen LogP) is 4.53. The Morgan fingerprint density at radius 3 is 2.67 bits per heavy atom. The van der Waals surface area contributed by atoms with Gasteiger partial charge in [0.1, 0.15) is 0 Å². The van der Waals surface area contributed by atoms with Crippen molar-refractivity contribution in [1.82, 2.24) is 10.6 Å². The molecule has 0 spiro atoms. The van der Waals surface area contributed by atoms with Crippen molar-refractivity contribution in [2.45, 2.75) is 63.7 Å². The molecule has 1 aromatic carbocycles. The molecule has 1 aliphatic carbocycles. The van der Waals surface area contributed by atoms with Crippen LogP contribution in [0, 0.1) is 0 Å². The SMILES string of the molecule is CCNC(=NCCCc1ccc(Cl)cc1)NC1CCCC(S(=O)CC)C1.I. The zero-order chi connectivity index (χ0) is 18.8. The lowest BCUT2D eigenvalue weighted by Crippen LogP contribution is -2.46. The third-order valence-corrected chi connectivity index (χ3v) is 6.77. The van der Waals surface area contributed by atoms with Crippen molar-refractivity contribution < 1.29 is 4.21 Å². The van der Waals surface area contributed by atoms with Gasteiger partial charge in [-0.2, -0.15) is 0 Å². The van der Waals surface area contributed by atoms with Gasteiger partial charge in [-0.05, 0) is 56.7 Å². The molecule has 3 atom stereocenters. The Kier molecular flexibility index (Phi) is 12.6. The molecule has 1 aromatic rings. The molecule has 1 fully saturated rings. The van der Waals surface area contributed by atoms with E-state index < -0.39 is 10.8 Å². The van der Waals surface area contributed by atoms with Crippen LogP contribution >= 0.6 is 35.6 Å². The van der Waals surface area contributed by atoms with E-state index in [2.05, 4.69) is 29.7 Å². The van der Waals surface area contributed by atoms with Gasteiger partial charge in [0.15, 0.2) is 5.96 Å². The monoisotopic (exact) mass is 525 g/mol. The van der Waals surface area contributed by atoms with Crippen molar-refractivity contribution in [3.05, 3.63) is 34.9 Å². The zero-order valence-corrected chi connectivity index (χ0v) is 20.3. The summed E-state index contributed by atoms with van der Waals surface area (Å²) in [5.41, 5.74) is 1.29. The van der Waals surface area contributed by atoms with Gasteiger partial charge in [-0.15, -0.1) is 24.0 Å². The van der Waals surface area contributed by atoms with Crippen LogP contribution in [-0.4, -0.2) is 40.3 Å². The lowest BCUT2D eigenvalue weighted by atomic mass is 9.95. The molecule has 154 valence electrons. The van der Waals surface area contributed by atoms with Crippen molar-refractivity contribution >= 4 is 52.3 Å². The zero-order valence-electron chi connectivity index (χ0n) is 16.4. The number of rotatable bonds is 8. The highest BCUT2D eigenvalue weighted by molar-refractivity contribution is 14.0. The first kappa shape index (κ1) is 24.7. The summed E-state index contributed by atoms with van der Waals surface area (Å²) in [5.74, 6) is 1.65. The molecule has 0 heterocycles. The number of benzene rings is 1. The summed E-state index contributed by atoms with van der Waals surface area (Å²) in [6.07, 6.45) is 6.35. The molecule has 7 heteroatoms. The van der Waals surface area contributed by atoms with Crippen LogP contribution in [0.1, 0.15) is 51.5 Å².